The van der Waals surface area contributed by atoms with Crippen LogP contribution < -0.4 is 20.3 Å². The minimum Gasteiger partial charge on any atom is -0.466 e. The summed E-state index contributed by atoms with van der Waals surface area (Å²) in [7, 11) is 7.70. The predicted octanol–water partition coefficient (Wildman–Crippen LogP) is 5.53. The fourth-order valence-electron chi connectivity index (χ4n) is 4.24. The van der Waals surface area contributed by atoms with Crippen molar-refractivity contribution in [3.63, 3.8) is 0 Å². The molecule has 0 radical (unpaired) electrons. The number of rotatable bonds is 11. The van der Waals surface area contributed by atoms with Gasteiger partial charge in [-0.3, -0.25) is 0 Å². The van der Waals surface area contributed by atoms with Crippen molar-refractivity contribution < 1.29 is 17.9 Å². The Labute approximate surface area is 232 Å². The molecule has 0 saturated carbocycles. The molecule has 3 heterocycles. The highest BCUT2D eigenvalue weighted by Crippen LogP contribution is 2.36. The van der Waals surface area contributed by atoms with E-state index in [1.165, 1.54) is 0 Å². The topological polar surface area (TPSA) is 83.4 Å². The minimum absolute atomic E-state index is 0.0449. The third-order valence-electron chi connectivity index (χ3n) is 6.10. The summed E-state index contributed by atoms with van der Waals surface area (Å²) in [5.41, 5.74) is 3.49. The highest BCUT2D eigenvalue weighted by molar-refractivity contribution is 5.95. The van der Waals surface area contributed by atoms with Crippen molar-refractivity contribution in [2.24, 2.45) is 7.05 Å². The first-order chi connectivity index (χ1) is 18.9. The third kappa shape index (κ3) is 7.12. The molecule has 12 heteroatoms. The molecule has 0 saturated heterocycles. The molecule has 0 fully saturated rings. The van der Waals surface area contributed by atoms with Crippen molar-refractivity contribution >= 4 is 34.0 Å². The SMILES string of the molecule is CC(C)Nc1cc(Nc2nccc(-c3cn(C)c4ccccc34)n2)c(OCC(F)(F)F)nc1N(C)CCN(C)C. The molecule has 1 aromatic carbocycles. The molecule has 0 amide bonds. The number of aryl methyl sites for hydroxylation is 1. The Balaban J connectivity index is 1.74. The molecule has 40 heavy (non-hydrogen) atoms. The molecule has 0 spiro atoms. The van der Waals surface area contributed by atoms with Crippen LogP contribution in [0.3, 0.4) is 0 Å². The number of benzene rings is 1. The van der Waals surface area contributed by atoms with Crippen molar-refractivity contribution in [2.45, 2.75) is 26.1 Å². The predicted molar refractivity (Wildman–Crippen MR) is 154 cm³/mol. The maximum atomic E-state index is 13.2. The summed E-state index contributed by atoms with van der Waals surface area (Å²) in [6, 6.07) is 11.5. The van der Waals surface area contributed by atoms with E-state index in [4.69, 9.17) is 4.74 Å². The molecule has 0 aliphatic heterocycles. The number of likely N-dealkylation sites (N-methyl/N-ethyl adjacent to an activating group) is 2. The van der Waals surface area contributed by atoms with Crippen molar-refractivity contribution in [2.75, 3.05) is 56.4 Å². The number of nitrogens with zero attached hydrogens (tertiary/aromatic N) is 6. The molecular formula is C28H35F3N8O. The number of para-hydroxylation sites is 1. The van der Waals surface area contributed by atoms with Gasteiger partial charge >= 0.3 is 6.18 Å². The van der Waals surface area contributed by atoms with Crippen LogP contribution in [0.4, 0.5) is 36.3 Å². The molecule has 4 aromatic rings. The summed E-state index contributed by atoms with van der Waals surface area (Å²) in [4.78, 5) is 17.4. The van der Waals surface area contributed by atoms with Crippen molar-refractivity contribution in [1.29, 1.82) is 0 Å². The highest BCUT2D eigenvalue weighted by Gasteiger charge is 2.30. The first-order valence-electron chi connectivity index (χ1n) is 12.9. The summed E-state index contributed by atoms with van der Waals surface area (Å²) < 4.78 is 46.7. The zero-order chi connectivity index (χ0) is 29.0. The molecule has 9 nitrogen and oxygen atoms in total. The minimum atomic E-state index is -4.53. The average molecular weight is 557 g/mol. The molecule has 0 atom stereocenters. The monoisotopic (exact) mass is 556 g/mol. The highest BCUT2D eigenvalue weighted by atomic mass is 19.4. The molecule has 214 valence electrons. The fourth-order valence-corrected chi connectivity index (χ4v) is 4.24. The number of hydrogen-bond acceptors (Lipinski definition) is 8. The van der Waals surface area contributed by atoms with Gasteiger partial charge < -0.3 is 29.7 Å². The lowest BCUT2D eigenvalue weighted by Gasteiger charge is -2.26. The molecule has 0 aliphatic carbocycles. The van der Waals surface area contributed by atoms with E-state index in [2.05, 4.69) is 25.6 Å². The lowest BCUT2D eigenvalue weighted by molar-refractivity contribution is -0.153. The first-order valence-corrected chi connectivity index (χ1v) is 12.9. The van der Waals surface area contributed by atoms with Gasteiger partial charge in [0.25, 0.3) is 0 Å². The van der Waals surface area contributed by atoms with Crippen LogP contribution in [0.5, 0.6) is 5.88 Å². The maximum Gasteiger partial charge on any atom is 0.422 e. The zero-order valence-corrected chi connectivity index (χ0v) is 23.5. The van der Waals surface area contributed by atoms with Gasteiger partial charge in [0.2, 0.25) is 11.8 Å². The van der Waals surface area contributed by atoms with E-state index >= 15 is 0 Å². The lowest BCUT2D eigenvalue weighted by atomic mass is 10.1. The van der Waals surface area contributed by atoms with Crippen LogP contribution in [0, 0.1) is 0 Å². The summed E-state index contributed by atoms with van der Waals surface area (Å²) >= 11 is 0. The van der Waals surface area contributed by atoms with Crippen LogP contribution in [0.15, 0.2) is 48.8 Å². The van der Waals surface area contributed by atoms with Gasteiger partial charge in [-0.1, -0.05) is 18.2 Å². The van der Waals surface area contributed by atoms with Gasteiger partial charge in [-0.15, -0.1) is 0 Å². The molecule has 4 rings (SSSR count). The second-order valence-corrected chi connectivity index (χ2v) is 10.2. The molecule has 3 aromatic heterocycles. The van der Waals surface area contributed by atoms with Crippen LogP contribution in [-0.2, 0) is 7.05 Å². The fraction of sp³-hybridized carbons (Fsp3) is 0.393. The summed E-state index contributed by atoms with van der Waals surface area (Å²) in [6.45, 7) is 3.80. The maximum absolute atomic E-state index is 13.2. The summed E-state index contributed by atoms with van der Waals surface area (Å²) in [5, 5.41) is 7.43. The van der Waals surface area contributed by atoms with E-state index in [9.17, 15) is 13.2 Å². The van der Waals surface area contributed by atoms with Crippen LogP contribution >= 0.6 is 0 Å². The van der Waals surface area contributed by atoms with E-state index in [-0.39, 0.29) is 23.6 Å². The number of nitrogens with one attached hydrogen (secondary N) is 2. The Kier molecular flexibility index (Phi) is 8.67. The zero-order valence-electron chi connectivity index (χ0n) is 23.5. The lowest BCUT2D eigenvalue weighted by Crippen LogP contribution is -2.30. The van der Waals surface area contributed by atoms with Gasteiger partial charge in [0, 0.05) is 62.1 Å². The number of alkyl halides is 3. The number of fused-ring (bicyclic) bond motifs is 1. The van der Waals surface area contributed by atoms with Crippen molar-refractivity contribution in [3.8, 4) is 17.1 Å². The van der Waals surface area contributed by atoms with E-state index in [0.29, 0.717) is 23.7 Å². The summed E-state index contributed by atoms with van der Waals surface area (Å²) in [5.74, 6) is 0.481. The third-order valence-corrected chi connectivity index (χ3v) is 6.10. The van der Waals surface area contributed by atoms with E-state index in [0.717, 1.165) is 23.0 Å². The van der Waals surface area contributed by atoms with Crippen molar-refractivity contribution in [1.82, 2.24) is 24.4 Å². The second kappa shape index (κ2) is 12.0. The molecule has 0 bridgehead atoms. The number of pyridine rings is 1. The molecular weight excluding hydrogens is 521 g/mol. The Morgan fingerprint density at radius 3 is 2.48 bits per heavy atom. The van der Waals surface area contributed by atoms with Crippen LogP contribution in [0.1, 0.15) is 13.8 Å². The van der Waals surface area contributed by atoms with Crippen molar-refractivity contribution in [3.05, 3.63) is 48.8 Å². The van der Waals surface area contributed by atoms with Crippen LogP contribution in [-0.4, -0.2) is 77.5 Å². The molecule has 0 unspecified atom stereocenters. The quantitative estimate of drug-likeness (QED) is 0.250. The van der Waals surface area contributed by atoms with Crippen LogP contribution in [0.25, 0.3) is 22.2 Å². The van der Waals surface area contributed by atoms with Crippen LogP contribution in [0.2, 0.25) is 0 Å². The Bertz CT molecular complexity index is 1450. The first kappa shape index (κ1) is 28.9. The second-order valence-electron chi connectivity index (χ2n) is 10.2. The number of ether oxygens (including phenoxy) is 1. The Morgan fingerprint density at radius 2 is 1.77 bits per heavy atom. The van der Waals surface area contributed by atoms with Gasteiger partial charge in [0.15, 0.2) is 12.4 Å². The van der Waals surface area contributed by atoms with Gasteiger partial charge in [-0.05, 0) is 46.1 Å². The van der Waals surface area contributed by atoms with Gasteiger partial charge in [-0.2, -0.15) is 18.2 Å². The van der Waals surface area contributed by atoms with Gasteiger partial charge in [-0.25, -0.2) is 9.97 Å². The summed E-state index contributed by atoms with van der Waals surface area (Å²) in [6.07, 6.45) is -0.943. The van der Waals surface area contributed by atoms with E-state index in [1.54, 1.807) is 18.3 Å². The Morgan fingerprint density at radius 1 is 1.02 bits per heavy atom. The average Bonchev–Trinajstić information content (AvgIpc) is 3.22. The smallest absolute Gasteiger partial charge is 0.422 e. The van der Waals surface area contributed by atoms with E-state index in [1.807, 2.05) is 86.9 Å². The number of halogens is 3. The molecule has 0 aliphatic rings. The number of aromatic nitrogens is 4. The standard InChI is InChI=1S/C28H35F3N8O/c1-18(2)33-22-15-23(26(40-17-28(29,30)31)36-25(22)38(5)14-13-37(3)4)35-27-32-12-11-21(34-27)20-16-39(6)24-10-8-7-9-19(20)24/h7-12,15-16,18,33H,13-14,17H2,1-6H3,(H,32,34,35). The number of anilines is 4. The van der Waals surface area contributed by atoms with E-state index < -0.39 is 12.8 Å². The molecule has 2 N–H and O–H groups in total. The Hall–Kier alpha value is -4.06. The number of hydrogen-bond donors (Lipinski definition) is 2. The largest absolute Gasteiger partial charge is 0.466 e. The normalized spacial score (nSPS) is 11.9. The van der Waals surface area contributed by atoms with Gasteiger partial charge in [0.1, 0.15) is 5.69 Å². The van der Waals surface area contributed by atoms with Gasteiger partial charge in [0.05, 0.1) is 11.4 Å².